The van der Waals surface area contributed by atoms with Gasteiger partial charge in [-0.1, -0.05) is 188 Å². The van der Waals surface area contributed by atoms with Gasteiger partial charge < -0.3 is 9.32 Å². The van der Waals surface area contributed by atoms with Crippen LogP contribution in [0.25, 0.3) is 99.1 Å². The first kappa shape index (κ1) is 37.3. The number of nitrogens with zero attached hydrogens (tertiary/aromatic N) is 1. The molecule has 11 aromatic carbocycles. The fourth-order valence-corrected chi connectivity index (χ4v) is 9.41. The lowest BCUT2D eigenvalue weighted by Gasteiger charge is -2.29. The van der Waals surface area contributed by atoms with E-state index in [0.29, 0.717) is 0 Å². The highest BCUT2D eigenvalue weighted by Crippen LogP contribution is 2.44. The van der Waals surface area contributed by atoms with Crippen molar-refractivity contribution in [2.75, 3.05) is 4.90 Å². The van der Waals surface area contributed by atoms with Gasteiger partial charge in [0.2, 0.25) is 0 Å². The highest BCUT2D eigenvalue weighted by atomic mass is 16.3. The molecule has 0 aliphatic rings. The van der Waals surface area contributed by atoms with Crippen molar-refractivity contribution in [3.63, 3.8) is 0 Å². The zero-order valence-corrected chi connectivity index (χ0v) is 35.0. The Bertz CT molecular complexity index is 3650. The van der Waals surface area contributed by atoms with Gasteiger partial charge in [-0.2, -0.15) is 0 Å². The van der Waals surface area contributed by atoms with Crippen molar-refractivity contribution >= 4 is 60.5 Å². The topological polar surface area (TPSA) is 16.4 Å². The summed E-state index contributed by atoms with van der Waals surface area (Å²) in [5.74, 6) is 0. The Balaban J connectivity index is 0.992. The predicted molar refractivity (Wildman–Crippen MR) is 271 cm³/mol. The smallest absolute Gasteiger partial charge is 0.135 e. The molecule has 2 heteroatoms. The third-order valence-corrected chi connectivity index (χ3v) is 12.7. The van der Waals surface area contributed by atoms with E-state index in [2.05, 4.69) is 241 Å². The molecule has 0 atom stereocenters. The second-order valence-corrected chi connectivity index (χ2v) is 16.5. The van der Waals surface area contributed by atoms with Crippen molar-refractivity contribution < 1.29 is 4.42 Å². The quantitative estimate of drug-likeness (QED) is 0.152. The number of fused-ring (bicyclic) bond motifs is 5. The number of hydrogen-bond acceptors (Lipinski definition) is 2. The Kier molecular flexibility index (Phi) is 9.20. The molecule has 1 heterocycles. The molecule has 0 fully saturated rings. The van der Waals surface area contributed by atoms with Crippen LogP contribution in [0.3, 0.4) is 0 Å². The van der Waals surface area contributed by atoms with Gasteiger partial charge in [0.25, 0.3) is 0 Å². The van der Waals surface area contributed by atoms with Crippen molar-refractivity contribution in [1.82, 2.24) is 0 Å². The first-order valence-corrected chi connectivity index (χ1v) is 21.9. The van der Waals surface area contributed by atoms with Crippen LogP contribution in [-0.4, -0.2) is 0 Å². The molecule has 0 saturated carbocycles. The van der Waals surface area contributed by atoms with Crippen LogP contribution in [0.5, 0.6) is 0 Å². The van der Waals surface area contributed by atoms with E-state index >= 15 is 0 Å². The Morgan fingerprint density at radius 1 is 0.250 bits per heavy atom. The lowest BCUT2D eigenvalue weighted by atomic mass is 9.94. The lowest BCUT2D eigenvalue weighted by molar-refractivity contribution is 0.669. The monoisotopic (exact) mass is 815 g/mol. The molecule has 0 radical (unpaired) electrons. The minimum absolute atomic E-state index is 0.899. The number of furan rings is 1. The van der Waals surface area contributed by atoms with E-state index in [0.717, 1.165) is 72.4 Å². The number of rotatable bonds is 8. The van der Waals surface area contributed by atoms with Crippen LogP contribution in [0.4, 0.5) is 17.1 Å². The maximum absolute atomic E-state index is 6.17. The third-order valence-electron chi connectivity index (χ3n) is 12.7. The summed E-state index contributed by atoms with van der Waals surface area (Å²) in [6.45, 7) is 0. The summed E-state index contributed by atoms with van der Waals surface area (Å²) in [5, 5.41) is 7.22. The minimum atomic E-state index is 0.899. The van der Waals surface area contributed by atoms with Gasteiger partial charge in [-0.05, 0) is 132 Å². The van der Waals surface area contributed by atoms with Gasteiger partial charge in [0.15, 0.2) is 0 Å². The molecule has 0 N–H and O–H groups in total. The van der Waals surface area contributed by atoms with Crippen LogP contribution in [0.1, 0.15) is 0 Å². The summed E-state index contributed by atoms with van der Waals surface area (Å²) in [7, 11) is 0. The second-order valence-electron chi connectivity index (χ2n) is 16.5. The first-order chi connectivity index (χ1) is 31.7. The van der Waals surface area contributed by atoms with Crippen molar-refractivity contribution in [2.45, 2.75) is 0 Å². The second kappa shape index (κ2) is 15.8. The average Bonchev–Trinajstić information content (AvgIpc) is 3.75. The maximum Gasteiger partial charge on any atom is 0.135 e. The number of hydrogen-bond donors (Lipinski definition) is 0. The van der Waals surface area contributed by atoms with E-state index in [9.17, 15) is 0 Å². The summed E-state index contributed by atoms with van der Waals surface area (Å²) >= 11 is 0. The molecule has 0 spiro atoms. The predicted octanol–water partition coefficient (Wildman–Crippen LogP) is 17.7. The zero-order valence-electron chi connectivity index (χ0n) is 35.0. The fraction of sp³-hybridized carbons (Fsp3) is 0. The normalized spacial score (nSPS) is 11.4. The molecule has 2 nitrogen and oxygen atoms in total. The van der Waals surface area contributed by atoms with Gasteiger partial charge in [-0.3, -0.25) is 0 Å². The van der Waals surface area contributed by atoms with Gasteiger partial charge in [0, 0.05) is 27.7 Å². The Morgan fingerprint density at radius 2 is 0.781 bits per heavy atom. The maximum atomic E-state index is 6.17. The summed E-state index contributed by atoms with van der Waals surface area (Å²) in [6.07, 6.45) is 0. The van der Waals surface area contributed by atoms with Gasteiger partial charge in [0.05, 0.1) is 5.69 Å². The van der Waals surface area contributed by atoms with Crippen LogP contribution < -0.4 is 4.90 Å². The highest BCUT2D eigenvalue weighted by molar-refractivity contribution is 6.06. The highest BCUT2D eigenvalue weighted by Gasteiger charge is 2.20. The van der Waals surface area contributed by atoms with Crippen LogP contribution in [0.2, 0.25) is 0 Å². The van der Waals surface area contributed by atoms with Crippen LogP contribution in [-0.2, 0) is 0 Å². The zero-order chi connectivity index (χ0) is 42.4. The van der Waals surface area contributed by atoms with Crippen LogP contribution >= 0.6 is 0 Å². The Labute approximate surface area is 372 Å². The van der Waals surface area contributed by atoms with Crippen molar-refractivity contribution in [2.24, 2.45) is 0 Å². The third kappa shape index (κ3) is 6.79. The van der Waals surface area contributed by atoms with E-state index in [4.69, 9.17) is 4.42 Å². The first-order valence-electron chi connectivity index (χ1n) is 21.9. The van der Waals surface area contributed by atoms with E-state index in [1.807, 2.05) is 12.1 Å². The van der Waals surface area contributed by atoms with Gasteiger partial charge in [-0.15, -0.1) is 0 Å². The molecular weight excluding hydrogens is 775 g/mol. The van der Waals surface area contributed by atoms with E-state index in [1.54, 1.807) is 0 Å². The minimum Gasteiger partial charge on any atom is -0.456 e. The number of para-hydroxylation sites is 1. The fourth-order valence-electron chi connectivity index (χ4n) is 9.41. The molecule has 0 amide bonds. The molecular formula is C62H41NO. The van der Waals surface area contributed by atoms with E-state index < -0.39 is 0 Å². The lowest BCUT2D eigenvalue weighted by Crippen LogP contribution is -2.11. The number of benzene rings is 11. The van der Waals surface area contributed by atoms with Gasteiger partial charge >= 0.3 is 0 Å². The summed E-state index contributed by atoms with van der Waals surface area (Å²) in [6, 6.07) is 89.9. The number of anilines is 3. The summed E-state index contributed by atoms with van der Waals surface area (Å²) in [4.78, 5) is 2.42. The molecule has 0 aliphatic heterocycles. The molecule has 0 unspecified atom stereocenters. The molecule has 0 bridgehead atoms. The largest absolute Gasteiger partial charge is 0.456 e. The molecule has 12 rings (SSSR count). The average molecular weight is 816 g/mol. The summed E-state index contributed by atoms with van der Waals surface area (Å²) < 4.78 is 6.17. The molecule has 0 saturated heterocycles. The van der Waals surface area contributed by atoms with Crippen LogP contribution in [0, 0.1) is 0 Å². The van der Waals surface area contributed by atoms with Crippen molar-refractivity contribution in [3.8, 4) is 55.6 Å². The van der Waals surface area contributed by atoms with E-state index in [1.165, 1.54) is 43.8 Å². The SMILES string of the molecule is c1ccc(-c2ccc(-c3ccc4ccccc4c3)cc2N(c2ccc(-c3cccc(-c4cccc5ccccc45)c3)cc2)c2ccc(-c3ccc4oc5ccccc5c4c3)cc2)cc1. The molecule has 1 aromatic heterocycles. The summed E-state index contributed by atoms with van der Waals surface area (Å²) in [5.41, 5.74) is 16.8. The molecule has 64 heavy (non-hydrogen) atoms. The molecule has 0 aliphatic carbocycles. The van der Waals surface area contributed by atoms with Crippen LogP contribution in [0.15, 0.2) is 253 Å². The van der Waals surface area contributed by atoms with Gasteiger partial charge in [-0.25, -0.2) is 0 Å². The Morgan fingerprint density at radius 3 is 1.58 bits per heavy atom. The van der Waals surface area contributed by atoms with Gasteiger partial charge in [0.1, 0.15) is 11.2 Å². The van der Waals surface area contributed by atoms with E-state index in [-0.39, 0.29) is 0 Å². The van der Waals surface area contributed by atoms with Crippen molar-refractivity contribution in [3.05, 3.63) is 249 Å². The molecule has 12 aromatic rings. The van der Waals surface area contributed by atoms with Crippen molar-refractivity contribution in [1.29, 1.82) is 0 Å². The Hall–Kier alpha value is -8.46. The standard InChI is InChI=1S/C62H41NO/c1-2-13-46(14-3-1)57-36-30-51(49-25-24-42-12-4-5-16-47(42)38-49)41-60(57)63(54-34-28-44(29-35-54)50-31-37-62-59(40-50)58-21-8-9-23-61(58)64-62)53-32-26-43(27-33-53)48-18-10-19-52(39-48)56-22-11-17-45-15-6-7-20-55(45)56/h1-41H. The molecule has 300 valence electrons.